The van der Waals surface area contributed by atoms with E-state index in [0.717, 1.165) is 30.4 Å². The minimum Gasteiger partial charge on any atom is -0.494 e. The van der Waals surface area contributed by atoms with E-state index in [1.165, 1.54) is 12.8 Å². The predicted molar refractivity (Wildman–Crippen MR) is 82.8 cm³/mol. The van der Waals surface area contributed by atoms with E-state index >= 15 is 0 Å². The van der Waals surface area contributed by atoms with Crippen molar-refractivity contribution in [3.05, 3.63) is 24.3 Å². The van der Waals surface area contributed by atoms with Crippen molar-refractivity contribution in [1.29, 1.82) is 0 Å². The number of benzene rings is 1. The van der Waals surface area contributed by atoms with Gasteiger partial charge in [0.2, 0.25) is 0 Å². The molecular weight excluding hydrogens is 268 g/mol. The molecule has 0 heterocycles. The normalized spacial score (nSPS) is 13.8. The molecule has 0 bridgehead atoms. The zero-order valence-electron chi connectivity index (χ0n) is 12.6. The van der Waals surface area contributed by atoms with Crippen molar-refractivity contribution in [3.8, 4) is 5.75 Å². The van der Waals surface area contributed by atoms with E-state index in [-0.39, 0.29) is 6.03 Å². The lowest BCUT2D eigenvalue weighted by Gasteiger charge is -2.09. The Kier molecular flexibility index (Phi) is 6.34. The number of carbonyl (C=O) groups excluding carboxylic acids is 1. The fourth-order valence-corrected chi connectivity index (χ4v) is 1.89. The van der Waals surface area contributed by atoms with Gasteiger partial charge in [-0.3, -0.25) is 0 Å². The summed E-state index contributed by atoms with van der Waals surface area (Å²) in [5.41, 5.74) is 0.751. The molecule has 1 aromatic carbocycles. The number of carbonyl (C=O) groups is 1. The van der Waals surface area contributed by atoms with Gasteiger partial charge in [0.15, 0.2) is 0 Å². The Morgan fingerprint density at radius 1 is 1.29 bits per heavy atom. The van der Waals surface area contributed by atoms with E-state index in [4.69, 9.17) is 9.47 Å². The maximum atomic E-state index is 11.7. The number of rotatable bonds is 9. The lowest BCUT2D eigenvalue weighted by molar-refractivity contribution is 0.122. The van der Waals surface area contributed by atoms with Crippen molar-refractivity contribution < 1.29 is 14.3 Å². The number of amides is 2. The molecule has 1 aliphatic rings. The average molecular weight is 292 g/mol. The second-order valence-electron chi connectivity index (χ2n) is 5.21. The van der Waals surface area contributed by atoms with Crippen LogP contribution in [0.15, 0.2) is 24.3 Å². The highest BCUT2D eigenvalue weighted by Crippen LogP contribution is 2.28. The van der Waals surface area contributed by atoms with E-state index in [1.807, 2.05) is 31.2 Å². The van der Waals surface area contributed by atoms with Crippen molar-refractivity contribution in [1.82, 2.24) is 5.32 Å². The van der Waals surface area contributed by atoms with Crippen LogP contribution in [-0.2, 0) is 4.74 Å². The second-order valence-corrected chi connectivity index (χ2v) is 5.21. The fourth-order valence-electron chi connectivity index (χ4n) is 1.89. The van der Waals surface area contributed by atoms with Gasteiger partial charge in [-0.05, 0) is 56.4 Å². The van der Waals surface area contributed by atoms with Gasteiger partial charge in [0.1, 0.15) is 5.75 Å². The Hall–Kier alpha value is -1.75. The van der Waals surface area contributed by atoms with E-state index in [0.29, 0.717) is 19.8 Å². The lowest BCUT2D eigenvalue weighted by Crippen LogP contribution is -2.30. The maximum absolute atomic E-state index is 11.7. The predicted octanol–water partition coefficient (Wildman–Crippen LogP) is 3.02. The van der Waals surface area contributed by atoms with Gasteiger partial charge in [0.05, 0.1) is 6.61 Å². The van der Waals surface area contributed by atoms with Crippen molar-refractivity contribution in [2.45, 2.75) is 26.2 Å². The molecule has 116 valence electrons. The van der Waals surface area contributed by atoms with Crippen LogP contribution in [0, 0.1) is 5.92 Å². The van der Waals surface area contributed by atoms with Crippen LogP contribution < -0.4 is 15.4 Å². The van der Waals surface area contributed by atoms with Gasteiger partial charge in [-0.15, -0.1) is 0 Å². The largest absolute Gasteiger partial charge is 0.494 e. The number of nitrogens with one attached hydrogen (secondary N) is 2. The monoisotopic (exact) mass is 292 g/mol. The van der Waals surface area contributed by atoms with Gasteiger partial charge >= 0.3 is 6.03 Å². The highest BCUT2D eigenvalue weighted by atomic mass is 16.5. The molecule has 0 aliphatic heterocycles. The van der Waals surface area contributed by atoms with Gasteiger partial charge in [-0.1, -0.05) is 0 Å². The summed E-state index contributed by atoms with van der Waals surface area (Å²) in [4.78, 5) is 11.7. The third-order valence-corrected chi connectivity index (χ3v) is 3.22. The molecule has 1 aromatic rings. The summed E-state index contributed by atoms with van der Waals surface area (Å²) >= 11 is 0. The molecule has 2 amide bonds. The molecule has 1 saturated carbocycles. The van der Waals surface area contributed by atoms with Gasteiger partial charge in [0.25, 0.3) is 0 Å². The highest BCUT2D eigenvalue weighted by molar-refractivity contribution is 5.89. The summed E-state index contributed by atoms with van der Waals surface area (Å²) in [5.74, 6) is 1.59. The van der Waals surface area contributed by atoms with Crippen molar-refractivity contribution >= 4 is 11.7 Å². The molecule has 1 aliphatic carbocycles. The third-order valence-electron chi connectivity index (χ3n) is 3.22. The Morgan fingerprint density at radius 3 is 2.71 bits per heavy atom. The summed E-state index contributed by atoms with van der Waals surface area (Å²) in [7, 11) is 0. The Labute approximate surface area is 126 Å². The Morgan fingerprint density at radius 2 is 2.05 bits per heavy atom. The number of urea groups is 1. The van der Waals surface area contributed by atoms with Crippen LogP contribution in [0.1, 0.15) is 26.2 Å². The molecule has 0 atom stereocenters. The van der Waals surface area contributed by atoms with Gasteiger partial charge in [-0.2, -0.15) is 0 Å². The number of ether oxygens (including phenoxy) is 2. The number of hydrogen-bond acceptors (Lipinski definition) is 3. The molecule has 0 saturated heterocycles. The molecule has 0 spiro atoms. The topological polar surface area (TPSA) is 59.6 Å². The second kappa shape index (κ2) is 8.52. The van der Waals surface area contributed by atoms with Crippen LogP contribution in [-0.4, -0.2) is 32.4 Å². The number of hydrogen-bond donors (Lipinski definition) is 2. The molecule has 2 N–H and O–H groups in total. The molecule has 0 radical (unpaired) electrons. The quantitative estimate of drug-likeness (QED) is 0.688. The molecule has 21 heavy (non-hydrogen) atoms. The first-order chi connectivity index (χ1) is 10.3. The minimum atomic E-state index is -0.193. The van der Waals surface area contributed by atoms with E-state index in [1.54, 1.807) is 0 Å². The van der Waals surface area contributed by atoms with E-state index in [9.17, 15) is 4.79 Å². The standard InChI is InChI=1S/C16H24N2O3/c1-2-21-15-8-6-14(7-9-15)18-16(19)17-10-3-11-20-12-13-4-5-13/h6-9,13H,2-5,10-12H2,1H3,(H2,17,18,19). The van der Waals surface area contributed by atoms with E-state index < -0.39 is 0 Å². The molecule has 2 rings (SSSR count). The smallest absolute Gasteiger partial charge is 0.319 e. The van der Waals surface area contributed by atoms with Crippen LogP contribution in [0.3, 0.4) is 0 Å². The van der Waals surface area contributed by atoms with Crippen LogP contribution in [0.25, 0.3) is 0 Å². The molecule has 5 nitrogen and oxygen atoms in total. The lowest BCUT2D eigenvalue weighted by atomic mass is 10.3. The molecule has 1 fully saturated rings. The first kappa shape index (κ1) is 15.6. The first-order valence-corrected chi connectivity index (χ1v) is 7.63. The van der Waals surface area contributed by atoms with Crippen LogP contribution >= 0.6 is 0 Å². The summed E-state index contributed by atoms with van der Waals surface area (Å²) in [6, 6.07) is 7.13. The summed E-state index contributed by atoms with van der Waals surface area (Å²) in [5, 5.41) is 5.60. The molecule has 0 aromatic heterocycles. The third kappa shape index (κ3) is 6.49. The minimum absolute atomic E-state index is 0.193. The van der Waals surface area contributed by atoms with Crippen molar-refractivity contribution in [3.63, 3.8) is 0 Å². The van der Waals surface area contributed by atoms with Crippen LogP contribution in [0.2, 0.25) is 0 Å². The Bertz CT molecular complexity index is 430. The fraction of sp³-hybridized carbons (Fsp3) is 0.562. The molecule has 0 unspecified atom stereocenters. The van der Waals surface area contributed by atoms with Crippen LogP contribution in [0.4, 0.5) is 10.5 Å². The van der Waals surface area contributed by atoms with E-state index in [2.05, 4.69) is 10.6 Å². The van der Waals surface area contributed by atoms with Gasteiger partial charge < -0.3 is 20.1 Å². The van der Waals surface area contributed by atoms with Crippen molar-refractivity contribution in [2.24, 2.45) is 5.92 Å². The summed E-state index contributed by atoms with van der Waals surface area (Å²) in [6.45, 7) is 4.77. The Balaban J connectivity index is 1.55. The number of anilines is 1. The highest BCUT2D eigenvalue weighted by Gasteiger charge is 2.20. The van der Waals surface area contributed by atoms with Crippen LogP contribution in [0.5, 0.6) is 5.75 Å². The summed E-state index contributed by atoms with van der Waals surface area (Å²) < 4.78 is 10.9. The summed E-state index contributed by atoms with van der Waals surface area (Å²) in [6.07, 6.45) is 3.45. The zero-order valence-corrected chi connectivity index (χ0v) is 12.6. The maximum Gasteiger partial charge on any atom is 0.319 e. The first-order valence-electron chi connectivity index (χ1n) is 7.63. The van der Waals surface area contributed by atoms with Crippen molar-refractivity contribution in [2.75, 3.05) is 31.7 Å². The van der Waals surface area contributed by atoms with Gasteiger partial charge in [0, 0.05) is 25.4 Å². The SMILES string of the molecule is CCOc1ccc(NC(=O)NCCCOCC2CC2)cc1. The average Bonchev–Trinajstić information content (AvgIpc) is 3.29. The van der Waals surface area contributed by atoms with Gasteiger partial charge in [-0.25, -0.2) is 4.79 Å². The molecular formula is C16H24N2O3. The molecule has 5 heteroatoms. The zero-order chi connectivity index (χ0) is 14.9.